The molecule has 0 saturated carbocycles. The maximum Gasteiger partial charge on any atom is 0.331 e. The van der Waals surface area contributed by atoms with Crippen LogP contribution in [0, 0.1) is 0 Å². The fraction of sp³-hybridized carbons (Fsp3) is 0.762. The van der Waals surface area contributed by atoms with Crippen LogP contribution < -0.4 is 0 Å². The minimum absolute atomic E-state index is 0.394. The van der Waals surface area contributed by atoms with Gasteiger partial charge in [-0.05, 0) is 65.2 Å². The summed E-state index contributed by atoms with van der Waals surface area (Å²) < 4.78 is 0. The van der Waals surface area contributed by atoms with Crippen molar-refractivity contribution in [1.82, 2.24) is 0 Å². The number of aliphatic carboxylic acids is 2. The Labute approximate surface area is 286 Å². The smallest absolute Gasteiger partial charge is 0.331 e. The molecule has 268 valence electrons. The van der Waals surface area contributed by atoms with Crippen LogP contribution in [0.1, 0.15) is 207 Å². The number of hydrogen-bond acceptors (Lipinski definition) is 2. The lowest BCUT2D eigenvalue weighted by atomic mass is 10.0. The van der Waals surface area contributed by atoms with Gasteiger partial charge >= 0.3 is 11.9 Å². The molecule has 0 saturated heterocycles. The number of rotatable bonds is 32. The van der Waals surface area contributed by atoms with Gasteiger partial charge in [-0.2, -0.15) is 0 Å². The van der Waals surface area contributed by atoms with E-state index in [9.17, 15) is 9.59 Å². The Hall–Kier alpha value is -2.10. The zero-order chi connectivity index (χ0) is 34.4. The van der Waals surface area contributed by atoms with Crippen LogP contribution in [-0.4, -0.2) is 22.2 Å². The first-order valence-electron chi connectivity index (χ1n) is 19.5. The van der Waals surface area contributed by atoms with Gasteiger partial charge in [0.1, 0.15) is 0 Å². The SMILES string of the molecule is CCCCCCCCC=CCCCCCCCCC=C(C)C(=O)O.CCCCCCCCCCCCCCC=CC=C(C)C(=O)O. The molecule has 0 aliphatic rings. The van der Waals surface area contributed by atoms with Gasteiger partial charge in [-0.25, -0.2) is 9.59 Å². The number of hydrogen-bond donors (Lipinski definition) is 2. The van der Waals surface area contributed by atoms with E-state index in [1.807, 2.05) is 12.2 Å². The summed E-state index contributed by atoms with van der Waals surface area (Å²) in [5.74, 6) is -1.63. The van der Waals surface area contributed by atoms with Crippen LogP contribution in [0.15, 0.2) is 47.6 Å². The third kappa shape index (κ3) is 39.9. The highest BCUT2D eigenvalue weighted by atomic mass is 16.4. The van der Waals surface area contributed by atoms with E-state index >= 15 is 0 Å². The van der Waals surface area contributed by atoms with Gasteiger partial charge in [0.15, 0.2) is 0 Å². The van der Waals surface area contributed by atoms with Gasteiger partial charge in [-0.1, -0.05) is 179 Å². The Kier molecular flexibility index (Phi) is 39.1. The lowest BCUT2D eigenvalue weighted by Gasteiger charge is -2.02. The number of unbranched alkanes of at least 4 members (excludes halogenated alkanes) is 25. The molecule has 0 aliphatic carbocycles. The molecular weight excluding hydrogens is 568 g/mol. The highest BCUT2D eigenvalue weighted by molar-refractivity contribution is 5.86. The number of allylic oxidation sites excluding steroid dienone is 6. The monoisotopic (exact) mass is 645 g/mol. The van der Waals surface area contributed by atoms with Crippen molar-refractivity contribution in [1.29, 1.82) is 0 Å². The molecule has 46 heavy (non-hydrogen) atoms. The second-order valence-electron chi connectivity index (χ2n) is 13.2. The lowest BCUT2D eigenvalue weighted by molar-refractivity contribution is -0.133. The van der Waals surface area contributed by atoms with E-state index in [0.29, 0.717) is 11.1 Å². The zero-order valence-electron chi connectivity index (χ0n) is 31.0. The van der Waals surface area contributed by atoms with Gasteiger partial charge in [0.25, 0.3) is 0 Å². The van der Waals surface area contributed by atoms with Crippen molar-refractivity contribution >= 4 is 11.9 Å². The third-order valence-electron chi connectivity index (χ3n) is 8.55. The van der Waals surface area contributed by atoms with E-state index in [-0.39, 0.29) is 0 Å². The molecule has 0 aromatic carbocycles. The van der Waals surface area contributed by atoms with Gasteiger partial charge in [-0.3, -0.25) is 0 Å². The maximum absolute atomic E-state index is 10.6. The number of carbonyl (C=O) groups is 2. The molecule has 2 N–H and O–H groups in total. The average Bonchev–Trinajstić information content (AvgIpc) is 3.04. The van der Waals surface area contributed by atoms with E-state index in [1.165, 1.54) is 161 Å². The molecule has 0 spiro atoms. The van der Waals surface area contributed by atoms with Crippen LogP contribution in [0.4, 0.5) is 0 Å². The normalized spacial score (nSPS) is 12.2. The molecule has 0 aromatic heterocycles. The largest absolute Gasteiger partial charge is 0.478 e. The standard InChI is InChI=1S/C22H40O2.C20H36O2/c1-3-4-5-6-7-8-9-10-11-12-13-14-15-16-17-18-19-20-21(2)22(23)24;1-3-4-5-6-7-8-9-10-11-12-13-14-15-16-17-18-19(2)20(21)22/h10-11,20H,3-9,12-19H2,1-2H3,(H,23,24);16-18H,3-15H2,1-2H3,(H,21,22). The van der Waals surface area contributed by atoms with Crippen molar-refractivity contribution in [2.24, 2.45) is 0 Å². The van der Waals surface area contributed by atoms with Gasteiger partial charge in [0.05, 0.1) is 0 Å². The van der Waals surface area contributed by atoms with E-state index in [4.69, 9.17) is 10.2 Å². The summed E-state index contributed by atoms with van der Waals surface area (Å²) in [5, 5.41) is 17.4. The van der Waals surface area contributed by atoms with Crippen LogP contribution in [-0.2, 0) is 9.59 Å². The van der Waals surface area contributed by atoms with Gasteiger partial charge in [0.2, 0.25) is 0 Å². The first kappa shape index (κ1) is 46.0. The Bertz CT molecular complexity index is 789. The minimum Gasteiger partial charge on any atom is -0.478 e. The quantitative estimate of drug-likeness (QED) is 0.0331. The van der Waals surface area contributed by atoms with Crippen molar-refractivity contribution in [2.45, 2.75) is 207 Å². The molecule has 0 aromatic rings. The predicted molar refractivity (Wildman–Crippen MR) is 202 cm³/mol. The summed E-state index contributed by atoms with van der Waals surface area (Å²) >= 11 is 0. The highest BCUT2D eigenvalue weighted by Gasteiger charge is 1.98. The lowest BCUT2D eigenvalue weighted by Crippen LogP contribution is -1.95. The fourth-order valence-electron chi connectivity index (χ4n) is 5.28. The second-order valence-corrected chi connectivity index (χ2v) is 13.2. The van der Waals surface area contributed by atoms with E-state index in [0.717, 1.165) is 19.3 Å². The summed E-state index contributed by atoms with van der Waals surface area (Å²) in [7, 11) is 0. The van der Waals surface area contributed by atoms with Crippen LogP contribution >= 0.6 is 0 Å². The van der Waals surface area contributed by atoms with Gasteiger partial charge in [-0.15, -0.1) is 0 Å². The molecule has 0 heterocycles. The summed E-state index contributed by atoms with van der Waals surface area (Å²) in [4.78, 5) is 21.2. The Balaban J connectivity index is 0. The maximum atomic E-state index is 10.6. The molecule has 4 heteroatoms. The Morgan fingerprint density at radius 1 is 0.413 bits per heavy atom. The number of carboxylic acids is 2. The van der Waals surface area contributed by atoms with Crippen LogP contribution in [0.2, 0.25) is 0 Å². The third-order valence-corrected chi connectivity index (χ3v) is 8.55. The number of carboxylic acid groups (broad SMARTS) is 2. The summed E-state index contributed by atoms with van der Waals surface area (Å²) in [6, 6.07) is 0. The fourth-order valence-corrected chi connectivity index (χ4v) is 5.28. The molecule has 0 radical (unpaired) electrons. The van der Waals surface area contributed by atoms with Gasteiger partial charge < -0.3 is 10.2 Å². The molecule has 0 bridgehead atoms. The summed E-state index contributed by atoms with van der Waals surface area (Å²) in [6.45, 7) is 7.83. The Morgan fingerprint density at radius 2 is 0.717 bits per heavy atom. The van der Waals surface area contributed by atoms with Gasteiger partial charge in [0, 0.05) is 11.1 Å². The molecule has 0 aliphatic heterocycles. The highest BCUT2D eigenvalue weighted by Crippen LogP contribution is 2.13. The van der Waals surface area contributed by atoms with Crippen molar-refractivity contribution in [3.05, 3.63) is 47.6 Å². The van der Waals surface area contributed by atoms with E-state index in [1.54, 1.807) is 19.9 Å². The molecular formula is C42H76O4. The molecule has 0 atom stereocenters. The summed E-state index contributed by atoms with van der Waals surface area (Å²) in [5.41, 5.74) is 0.869. The van der Waals surface area contributed by atoms with E-state index < -0.39 is 11.9 Å². The molecule has 0 unspecified atom stereocenters. The van der Waals surface area contributed by atoms with Crippen molar-refractivity contribution in [3.63, 3.8) is 0 Å². The van der Waals surface area contributed by atoms with Crippen LogP contribution in [0.3, 0.4) is 0 Å². The zero-order valence-corrected chi connectivity index (χ0v) is 31.0. The molecule has 4 nitrogen and oxygen atoms in total. The minimum atomic E-state index is -0.838. The van der Waals surface area contributed by atoms with Crippen LogP contribution in [0.25, 0.3) is 0 Å². The van der Waals surface area contributed by atoms with Crippen LogP contribution in [0.5, 0.6) is 0 Å². The topological polar surface area (TPSA) is 74.6 Å². The van der Waals surface area contributed by atoms with Crippen molar-refractivity contribution < 1.29 is 19.8 Å². The molecule has 0 fully saturated rings. The van der Waals surface area contributed by atoms with E-state index in [2.05, 4.69) is 32.1 Å². The second kappa shape index (κ2) is 39.1. The molecule has 0 amide bonds. The Morgan fingerprint density at radius 3 is 1.07 bits per heavy atom. The van der Waals surface area contributed by atoms with Crippen molar-refractivity contribution in [2.75, 3.05) is 0 Å². The van der Waals surface area contributed by atoms with Crippen molar-refractivity contribution in [3.8, 4) is 0 Å². The summed E-state index contributed by atoms with van der Waals surface area (Å²) in [6.07, 6.45) is 49.0. The molecule has 0 rings (SSSR count). The first-order chi connectivity index (χ1) is 22.4. The predicted octanol–water partition coefficient (Wildman–Crippen LogP) is 14.1. The average molecular weight is 645 g/mol. The first-order valence-corrected chi connectivity index (χ1v) is 19.5.